The van der Waals surface area contributed by atoms with E-state index in [2.05, 4.69) is 107 Å². The Kier molecular flexibility index (Phi) is 8.46. The summed E-state index contributed by atoms with van der Waals surface area (Å²) in [5, 5.41) is 2.27. The van der Waals surface area contributed by atoms with Crippen LogP contribution in [0.15, 0.2) is 94.7 Å². The number of benzene rings is 5. The lowest BCUT2D eigenvalue weighted by Gasteiger charge is -2.52. The Labute approximate surface area is 317 Å². The SMILES string of the molecule is COc1ccc(C2(c3ccc(OC)cc3)C=Cc3c4c(c5cc(SC)c(OC)cc5c3O2)-c2ccc(SC)cc2C42CC(C)(C)CC(C)(C)C2)cc1. The van der Waals surface area contributed by atoms with Crippen molar-refractivity contribution in [2.24, 2.45) is 10.8 Å². The third-order valence-electron chi connectivity index (χ3n) is 11.6. The van der Waals surface area contributed by atoms with E-state index in [1.54, 1.807) is 33.1 Å². The second-order valence-electron chi connectivity index (χ2n) is 16.2. The molecular weight excluding hydrogens is 681 g/mol. The molecule has 0 bridgehead atoms. The molecule has 1 fully saturated rings. The molecule has 1 heterocycles. The van der Waals surface area contributed by atoms with Crippen LogP contribution in [0.25, 0.3) is 28.0 Å². The quantitative estimate of drug-likeness (QED) is 0.155. The van der Waals surface area contributed by atoms with E-state index in [-0.39, 0.29) is 16.2 Å². The number of fused-ring (bicyclic) bond motifs is 10. The predicted octanol–water partition coefficient (Wildman–Crippen LogP) is 12.2. The molecule has 2 aliphatic carbocycles. The number of hydrogen-bond acceptors (Lipinski definition) is 6. The molecule has 6 heteroatoms. The van der Waals surface area contributed by atoms with Crippen molar-refractivity contribution in [3.8, 4) is 34.1 Å². The molecule has 1 saturated carbocycles. The van der Waals surface area contributed by atoms with E-state index < -0.39 is 5.60 Å². The lowest BCUT2D eigenvalue weighted by atomic mass is 9.52. The predicted molar refractivity (Wildman–Crippen MR) is 218 cm³/mol. The van der Waals surface area contributed by atoms with Crippen LogP contribution in [0.3, 0.4) is 0 Å². The molecule has 1 aliphatic heterocycles. The first-order chi connectivity index (χ1) is 24.9. The van der Waals surface area contributed by atoms with Gasteiger partial charge in [-0.25, -0.2) is 0 Å². The van der Waals surface area contributed by atoms with Crippen molar-refractivity contribution >= 4 is 40.4 Å². The summed E-state index contributed by atoms with van der Waals surface area (Å²) in [6.45, 7) is 9.89. The van der Waals surface area contributed by atoms with Gasteiger partial charge in [-0.05, 0) is 125 Å². The van der Waals surface area contributed by atoms with E-state index in [4.69, 9.17) is 18.9 Å². The van der Waals surface area contributed by atoms with Crippen molar-refractivity contribution in [3.05, 3.63) is 113 Å². The third-order valence-corrected chi connectivity index (χ3v) is 13.1. The Balaban J connectivity index is 1.50. The lowest BCUT2D eigenvalue weighted by molar-refractivity contribution is 0.0641. The van der Waals surface area contributed by atoms with Gasteiger partial charge >= 0.3 is 0 Å². The van der Waals surface area contributed by atoms with E-state index in [1.165, 1.54) is 44.5 Å². The van der Waals surface area contributed by atoms with Gasteiger partial charge in [-0.15, -0.1) is 23.5 Å². The minimum atomic E-state index is -0.909. The molecule has 5 aromatic rings. The third kappa shape index (κ3) is 5.35. The fourth-order valence-corrected chi connectivity index (χ4v) is 11.3. The van der Waals surface area contributed by atoms with Crippen LogP contribution in [0.1, 0.15) is 74.8 Å². The second-order valence-corrected chi connectivity index (χ2v) is 18.0. The number of methoxy groups -OCH3 is 3. The monoisotopic (exact) mass is 728 g/mol. The van der Waals surface area contributed by atoms with Gasteiger partial charge in [-0.3, -0.25) is 0 Å². The average molecular weight is 729 g/mol. The number of rotatable bonds is 7. The molecule has 3 aliphatic rings. The van der Waals surface area contributed by atoms with Crippen LogP contribution in [0.2, 0.25) is 0 Å². The zero-order valence-corrected chi connectivity index (χ0v) is 33.4. The van der Waals surface area contributed by atoms with Gasteiger partial charge in [-0.2, -0.15) is 0 Å². The van der Waals surface area contributed by atoms with Crippen LogP contribution < -0.4 is 18.9 Å². The summed E-state index contributed by atoms with van der Waals surface area (Å²) in [6, 6.07) is 28.3. The second kappa shape index (κ2) is 12.6. The van der Waals surface area contributed by atoms with Gasteiger partial charge in [0.2, 0.25) is 0 Å². The molecule has 0 radical (unpaired) electrons. The number of ether oxygens (including phenoxy) is 4. The molecule has 5 aromatic carbocycles. The first-order valence-corrected chi connectivity index (χ1v) is 20.5. The van der Waals surface area contributed by atoms with Crippen molar-refractivity contribution in [1.82, 2.24) is 0 Å². The summed E-state index contributed by atoms with van der Waals surface area (Å²) in [4.78, 5) is 2.43. The summed E-state index contributed by atoms with van der Waals surface area (Å²) in [5.41, 5.74) is 7.95. The van der Waals surface area contributed by atoms with Crippen molar-refractivity contribution in [2.45, 2.75) is 67.8 Å². The van der Waals surface area contributed by atoms with E-state index in [1.807, 2.05) is 36.0 Å². The van der Waals surface area contributed by atoms with Crippen molar-refractivity contribution < 1.29 is 18.9 Å². The van der Waals surface area contributed by atoms with Crippen LogP contribution in [0.4, 0.5) is 0 Å². The van der Waals surface area contributed by atoms with Crippen molar-refractivity contribution in [3.63, 3.8) is 0 Å². The Morgan fingerprint density at radius 1 is 0.654 bits per heavy atom. The summed E-state index contributed by atoms with van der Waals surface area (Å²) in [5.74, 6) is 3.36. The van der Waals surface area contributed by atoms with E-state index >= 15 is 0 Å². The Bertz CT molecular complexity index is 2170. The van der Waals surface area contributed by atoms with Gasteiger partial charge < -0.3 is 18.9 Å². The maximum atomic E-state index is 7.70. The zero-order chi connectivity index (χ0) is 36.6. The molecule has 0 saturated heterocycles. The highest BCUT2D eigenvalue weighted by Gasteiger charge is 2.55. The standard InChI is InChI=1S/C46H48O4S2/c1-43(2)25-44(3,4)27-45(26-43)37-22-32(51-8)18-19-33(37)40-35-24-39(52-9)38(49-7)23-36(35)42-34(41(40)45)20-21-46(50-42,28-10-14-30(47-5)15-11-28)29-12-16-31(48-6)17-13-29/h10-24H,25-27H2,1-9H3. The first-order valence-electron chi connectivity index (χ1n) is 18.0. The van der Waals surface area contributed by atoms with Gasteiger partial charge in [0.05, 0.1) is 21.3 Å². The van der Waals surface area contributed by atoms with Crippen LogP contribution in [-0.4, -0.2) is 33.8 Å². The molecule has 0 atom stereocenters. The summed E-state index contributed by atoms with van der Waals surface area (Å²) >= 11 is 3.55. The largest absolute Gasteiger partial charge is 0.497 e. The van der Waals surface area contributed by atoms with Crippen molar-refractivity contribution in [1.29, 1.82) is 0 Å². The van der Waals surface area contributed by atoms with Crippen molar-refractivity contribution in [2.75, 3.05) is 33.8 Å². The summed E-state index contributed by atoms with van der Waals surface area (Å²) < 4.78 is 24.9. The molecule has 0 N–H and O–H groups in total. The summed E-state index contributed by atoms with van der Waals surface area (Å²) in [6.07, 6.45) is 12.3. The fourth-order valence-electron chi connectivity index (χ4n) is 10.3. The number of hydrogen-bond donors (Lipinski definition) is 0. The molecule has 4 nitrogen and oxygen atoms in total. The molecule has 8 rings (SSSR count). The average Bonchev–Trinajstić information content (AvgIpc) is 3.40. The maximum Gasteiger partial charge on any atom is 0.178 e. The minimum absolute atomic E-state index is 0.136. The minimum Gasteiger partial charge on any atom is -0.497 e. The van der Waals surface area contributed by atoms with Gasteiger partial charge in [-0.1, -0.05) is 64.1 Å². The fraction of sp³-hybridized carbons (Fsp3) is 0.348. The normalized spacial score (nSPS) is 18.3. The summed E-state index contributed by atoms with van der Waals surface area (Å²) in [7, 11) is 5.17. The Morgan fingerprint density at radius 2 is 1.27 bits per heavy atom. The molecule has 0 unspecified atom stereocenters. The Morgan fingerprint density at radius 3 is 1.81 bits per heavy atom. The van der Waals surface area contributed by atoms with Gasteiger partial charge in [0, 0.05) is 37.3 Å². The first kappa shape index (κ1) is 35.1. The van der Waals surface area contributed by atoms with Crippen LogP contribution in [0, 0.1) is 10.8 Å². The van der Waals surface area contributed by atoms with E-state index in [0.29, 0.717) is 0 Å². The maximum absolute atomic E-state index is 7.70. The van der Waals surface area contributed by atoms with Crippen LogP contribution in [0.5, 0.6) is 23.0 Å². The molecule has 1 spiro atoms. The number of thioether (sulfide) groups is 2. The smallest absolute Gasteiger partial charge is 0.178 e. The van der Waals surface area contributed by atoms with Crippen LogP contribution in [-0.2, 0) is 11.0 Å². The van der Waals surface area contributed by atoms with Gasteiger partial charge in [0.1, 0.15) is 23.0 Å². The topological polar surface area (TPSA) is 36.9 Å². The van der Waals surface area contributed by atoms with E-state index in [9.17, 15) is 0 Å². The van der Waals surface area contributed by atoms with Crippen LogP contribution >= 0.6 is 23.5 Å². The molecule has 52 heavy (non-hydrogen) atoms. The molecule has 0 amide bonds. The zero-order valence-electron chi connectivity index (χ0n) is 31.7. The highest BCUT2D eigenvalue weighted by Crippen LogP contribution is 2.67. The van der Waals surface area contributed by atoms with E-state index in [0.717, 1.165) is 57.2 Å². The Hall–Kier alpha value is -4.00. The molecule has 0 aromatic heterocycles. The van der Waals surface area contributed by atoms with Gasteiger partial charge in [0.25, 0.3) is 0 Å². The molecule has 268 valence electrons. The van der Waals surface area contributed by atoms with Gasteiger partial charge in [0.15, 0.2) is 5.60 Å². The highest BCUT2D eigenvalue weighted by molar-refractivity contribution is 7.98. The molecular formula is C46H48O4S2. The lowest BCUT2D eigenvalue weighted by Crippen LogP contribution is -2.44. The highest BCUT2D eigenvalue weighted by atomic mass is 32.2.